The number of halogens is 2. The quantitative estimate of drug-likeness (QED) is 0.943. The average Bonchev–Trinajstić information content (AvgIpc) is 2.68. The number of hydrogen-bond donors (Lipinski definition) is 1. The van der Waals surface area contributed by atoms with Gasteiger partial charge in [-0.15, -0.1) is 0 Å². The molecule has 0 unspecified atom stereocenters. The molecule has 5 nitrogen and oxygen atoms in total. The van der Waals surface area contributed by atoms with Crippen molar-refractivity contribution in [2.24, 2.45) is 7.05 Å². The maximum absolute atomic E-state index is 13.3. The van der Waals surface area contributed by atoms with Crippen LogP contribution in [-0.2, 0) is 23.0 Å². The van der Waals surface area contributed by atoms with Crippen LogP contribution in [0.25, 0.3) is 0 Å². The number of nitrogens with one attached hydrogen (secondary N) is 1. The molecular weight excluding hydrogens is 300 g/mol. The van der Waals surface area contributed by atoms with Crippen molar-refractivity contribution < 1.29 is 17.2 Å². The molecule has 0 atom stereocenters. The molecule has 21 heavy (non-hydrogen) atoms. The van der Waals surface area contributed by atoms with E-state index in [1.807, 2.05) is 0 Å². The van der Waals surface area contributed by atoms with E-state index in [-0.39, 0.29) is 16.3 Å². The Hall–Kier alpha value is -1.96. The third-order valence-electron chi connectivity index (χ3n) is 2.93. The van der Waals surface area contributed by atoms with Gasteiger partial charge in [0.2, 0.25) is 0 Å². The van der Waals surface area contributed by atoms with Gasteiger partial charge in [-0.1, -0.05) is 12.1 Å². The number of alkyl halides is 2. The molecule has 2 rings (SSSR count). The molecule has 1 aromatic carbocycles. The van der Waals surface area contributed by atoms with Crippen LogP contribution in [0.1, 0.15) is 18.1 Å². The molecule has 0 saturated carbocycles. The van der Waals surface area contributed by atoms with Crippen LogP contribution in [-0.4, -0.2) is 18.2 Å². The van der Waals surface area contributed by atoms with E-state index in [0.717, 1.165) is 13.0 Å². The summed E-state index contributed by atoms with van der Waals surface area (Å²) in [5.74, 6) is -3.04. The minimum Gasteiger partial charge on any atom is -0.278 e. The Kier molecular flexibility index (Phi) is 3.75. The zero-order valence-electron chi connectivity index (χ0n) is 11.8. The molecule has 1 N–H and O–H groups in total. The van der Waals surface area contributed by atoms with E-state index in [1.54, 1.807) is 6.92 Å². The highest BCUT2D eigenvalue weighted by molar-refractivity contribution is 7.92. The first-order chi connectivity index (χ1) is 9.61. The van der Waals surface area contributed by atoms with E-state index in [4.69, 9.17) is 0 Å². The first-order valence-electron chi connectivity index (χ1n) is 6.11. The highest BCUT2D eigenvalue weighted by Gasteiger charge is 2.26. The monoisotopic (exact) mass is 315 g/mol. The van der Waals surface area contributed by atoms with Crippen LogP contribution in [0.4, 0.5) is 14.5 Å². The van der Waals surface area contributed by atoms with Crippen molar-refractivity contribution in [1.29, 1.82) is 0 Å². The summed E-state index contributed by atoms with van der Waals surface area (Å²) in [6.45, 7) is 2.37. The molecule has 0 spiro atoms. The Bertz CT molecular complexity index is 744. The van der Waals surface area contributed by atoms with E-state index < -0.39 is 15.9 Å². The van der Waals surface area contributed by atoms with Gasteiger partial charge in [-0.3, -0.25) is 9.40 Å². The number of sulfonamides is 1. The number of benzene rings is 1. The van der Waals surface area contributed by atoms with E-state index in [0.29, 0.717) is 5.56 Å². The van der Waals surface area contributed by atoms with E-state index in [1.165, 1.54) is 36.1 Å². The highest BCUT2D eigenvalue weighted by atomic mass is 32.2. The SMILES string of the molecule is Cc1cnn(C)c1S(=O)(=O)Nc1cccc(C(C)(F)F)c1. The highest BCUT2D eigenvalue weighted by Crippen LogP contribution is 2.29. The minimum atomic E-state index is -3.89. The van der Waals surface area contributed by atoms with Gasteiger partial charge in [-0.2, -0.15) is 13.5 Å². The molecular formula is C13H15F2N3O2S. The van der Waals surface area contributed by atoms with Gasteiger partial charge in [-0.05, 0) is 19.1 Å². The van der Waals surface area contributed by atoms with Crippen LogP contribution in [0.2, 0.25) is 0 Å². The van der Waals surface area contributed by atoms with Crippen molar-refractivity contribution >= 4 is 15.7 Å². The lowest BCUT2D eigenvalue weighted by atomic mass is 10.1. The summed E-state index contributed by atoms with van der Waals surface area (Å²) in [5, 5.41) is 3.85. The lowest BCUT2D eigenvalue weighted by Gasteiger charge is -2.13. The van der Waals surface area contributed by atoms with Gasteiger partial charge in [0.05, 0.1) is 6.20 Å². The molecule has 0 aliphatic rings. The summed E-state index contributed by atoms with van der Waals surface area (Å²) in [6.07, 6.45) is 1.42. The van der Waals surface area contributed by atoms with E-state index >= 15 is 0 Å². The molecule has 0 aliphatic carbocycles. The third-order valence-corrected chi connectivity index (χ3v) is 4.53. The van der Waals surface area contributed by atoms with Crippen molar-refractivity contribution in [3.05, 3.63) is 41.6 Å². The van der Waals surface area contributed by atoms with Crippen LogP contribution in [0.3, 0.4) is 0 Å². The molecule has 0 saturated heterocycles. The molecule has 8 heteroatoms. The topological polar surface area (TPSA) is 64.0 Å². The molecule has 2 aromatic rings. The number of aromatic nitrogens is 2. The van der Waals surface area contributed by atoms with Crippen LogP contribution in [0, 0.1) is 6.92 Å². The Labute approximate surface area is 121 Å². The third kappa shape index (κ3) is 3.21. The van der Waals surface area contributed by atoms with Crippen molar-refractivity contribution in [2.45, 2.75) is 24.8 Å². The van der Waals surface area contributed by atoms with Crippen molar-refractivity contribution in [1.82, 2.24) is 9.78 Å². The fraction of sp³-hybridized carbons (Fsp3) is 0.308. The summed E-state index contributed by atoms with van der Waals surface area (Å²) in [5.41, 5.74) is 0.293. The Morgan fingerprint density at radius 1 is 1.33 bits per heavy atom. The maximum atomic E-state index is 13.3. The van der Waals surface area contributed by atoms with Crippen LogP contribution in [0.5, 0.6) is 0 Å². The Morgan fingerprint density at radius 2 is 2.00 bits per heavy atom. The van der Waals surface area contributed by atoms with Gasteiger partial charge in [0.15, 0.2) is 5.03 Å². The van der Waals surface area contributed by atoms with Crippen molar-refractivity contribution in [3.63, 3.8) is 0 Å². The molecule has 0 amide bonds. The second-order valence-electron chi connectivity index (χ2n) is 4.83. The fourth-order valence-corrected chi connectivity index (χ4v) is 3.39. The molecule has 0 aliphatic heterocycles. The standard InChI is InChI=1S/C13H15F2N3O2S/c1-9-8-16-18(3)12(9)21(19,20)17-11-6-4-5-10(7-11)13(2,14)15/h4-8,17H,1-3H3. The largest absolute Gasteiger partial charge is 0.279 e. The average molecular weight is 315 g/mol. The summed E-state index contributed by atoms with van der Waals surface area (Å²) in [7, 11) is -2.39. The van der Waals surface area contributed by atoms with Crippen molar-refractivity contribution in [2.75, 3.05) is 4.72 Å². The number of rotatable bonds is 4. The van der Waals surface area contributed by atoms with Gasteiger partial charge in [-0.25, -0.2) is 8.78 Å². The molecule has 1 aromatic heterocycles. The Balaban J connectivity index is 2.38. The first kappa shape index (κ1) is 15.4. The summed E-state index contributed by atoms with van der Waals surface area (Å²) in [4.78, 5) is 0. The molecule has 1 heterocycles. The smallest absolute Gasteiger partial charge is 0.278 e. The summed E-state index contributed by atoms with van der Waals surface area (Å²) >= 11 is 0. The summed E-state index contributed by atoms with van der Waals surface area (Å²) < 4.78 is 54.7. The molecule has 0 bridgehead atoms. The number of hydrogen-bond acceptors (Lipinski definition) is 3. The number of anilines is 1. The zero-order chi connectivity index (χ0) is 15.8. The molecule has 0 radical (unpaired) electrons. The van der Waals surface area contributed by atoms with Crippen LogP contribution in [0.15, 0.2) is 35.5 Å². The Morgan fingerprint density at radius 3 is 2.52 bits per heavy atom. The fourth-order valence-electron chi connectivity index (χ4n) is 1.98. The summed E-state index contributed by atoms with van der Waals surface area (Å²) in [6, 6.07) is 5.15. The lowest BCUT2D eigenvalue weighted by molar-refractivity contribution is 0.0175. The number of nitrogens with zero attached hydrogens (tertiary/aromatic N) is 2. The zero-order valence-corrected chi connectivity index (χ0v) is 12.6. The van der Waals surface area contributed by atoms with E-state index in [9.17, 15) is 17.2 Å². The predicted molar refractivity (Wildman–Crippen MR) is 74.8 cm³/mol. The number of aryl methyl sites for hydroxylation is 2. The predicted octanol–water partition coefficient (Wildman–Crippen LogP) is 2.64. The second kappa shape index (κ2) is 5.10. The van der Waals surface area contributed by atoms with Gasteiger partial charge in [0.25, 0.3) is 15.9 Å². The van der Waals surface area contributed by atoms with Gasteiger partial charge in [0.1, 0.15) is 0 Å². The minimum absolute atomic E-state index is 0.00355. The van der Waals surface area contributed by atoms with Gasteiger partial charge >= 0.3 is 0 Å². The van der Waals surface area contributed by atoms with Crippen LogP contribution >= 0.6 is 0 Å². The van der Waals surface area contributed by atoms with Crippen LogP contribution < -0.4 is 4.72 Å². The second-order valence-corrected chi connectivity index (χ2v) is 6.43. The van der Waals surface area contributed by atoms with Gasteiger partial charge in [0, 0.05) is 30.8 Å². The van der Waals surface area contributed by atoms with Crippen molar-refractivity contribution in [3.8, 4) is 0 Å². The van der Waals surface area contributed by atoms with E-state index in [2.05, 4.69) is 9.82 Å². The molecule has 0 fully saturated rings. The molecule has 114 valence electrons. The lowest BCUT2D eigenvalue weighted by Crippen LogP contribution is -2.18. The van der Waals surface area contributed by atoms with Gasteiger partial charge < -0.3 is 0 Å². The first-order valence-corrected chi connectivity index (χ1v) is 7.59. The normalized spacial score (nSPS) is 12.4. The maximum Gasteiger partial charge on any atom is 0.279 e.